The van der Waals surface area contributed by atoms with Crippen LogP contribution in [0.3, 0.4) is 0 Å². The maximum Gasteiger partial charge on any atom is 0.514 e. The fourth-order valence-electron chi connectivity index (χ4n) is 3.65. The van der Waals surface area contributed by atoms with Crippen LogP contribution in [0, 0.1) is 0 Å². The first kappa shape index (κ1) is 21.7. The Kier molecular flexibility index (Phi) is 6.27. The molecule has 152 valence electrons. The second kappa shape index (κ2) is 7.80. The van der Waals surface area contributed by atoms with Gasteiger partial charge in [-0.3, -0.25) is 4.84 Å². The monoisotopic (exact) mass is 377 g/mol. The highest BCUT2D eigenvalue weighted by Crippen LogP contribution is 2.40. The molecule has 0 saturated carbocycles. The van der Waals surface area contributed by atoms with Crippen LogP contribution in [0.5, 0.6) is 5.75 Å². The number of carbonyl (C=O) groups excluding carboxylic acids is 1. The lowest BCUT2D eigenvalue weighted by atomic mass is 9.82. The molecule has 0 spiro atoms. The highest BCUT2D eigenvalue weighted by atomic mass is 16.7. The van der Waals surface area contributed by atoms with Crippen LogP contribution in [0.25, 0.3) is 0 Å². The molecule has 1 aromatic carbocycles. The van der Waals surface area contributed by atoms with Crippen LogP contribution in [0.2, 0.25) is 0 Å². The summed E-state index contributed by atoms with van der Waals surface area (Å²) in [6.07, 6.45) is 2.65. The Labute approximate surface area is 163 Å². The summed E-state index contributed by atoms with van der Waals surface area (Å²) in [6, 6.07) is 7.39. The van der Waals surface area contributed by atoms with Crippen LogP contribution in [-0.2, 0) is 9.57 Å². The average Bonchev–Trinajstić information content (AvgIpc) is 2.49. The number of carbonyl (C=O) groups is 1. The predicted octanol–water partition coefficient (Wildman–Crippen LogP) is 6.04. The van der Waals surface area contributed by atoms with Gasteiger partial charge in [-0.25, -0.2) is 4.79 Å². The highest BCUT2D eigenvalue weighted by molar-refractivity contribution is 5.64. The van der Waals surface area contributed by atoms with Crippen LogP contribution in [-0.4, -0.2) is 27.9 Å². The van der Waals surface area contributed by atoms with Gasteiger partial charge in [-0.1, -0.05) is 12.1 Å². The maximum absolute atomic E-state index is 11.8. The molecule has 1 saturated heterocycles. The lowest BCUT2D eigenvalue weighted by Gasteiger charge is -2.52. The first-order valence-electron chi connectivity index (χ1n) is 9.78. The van der Waals surface area contributed by atoms with E-state index in [2.05, 4.69) is 32.8 Å². The maximum atomic E-state index is 11.8. The van der Waals surface area contributed by atoms with Gasteiger partial charge in [-0.2, -0.15) is 5.06 Å². The molecule has 0 aromatic heterocycles. The SMILES string of the molecule is CC(ON1C(C)(C)CCCC1(C)C)c1ccc(OC(=O)OC(C)(C)C)cc1. The molecule has 1 aliphatic heterocycles. The third kappa shape index (κ3) is 5.94. The van der Waals surface area contributed by atoms with Gasteiger partial charge in [0, 0.05) is 11.1 Å². The van der Waals surface area contributed by atoms with Gasteiger partial charge in [0.25, 0.3) is 0 Å². The zero-order valence-corrected chi connectivity index (χ0v) is 18.1. The van der Waals surface area contributed by atoms with Gasteiger partial charge in [0.15, 0.2) is 0 Å². The molecule has 1 fully saturated rings. The van der Waals surface area contributed by atoms with Crippen molar-refractivity contribution in [2.45, 2.75) is 97.4 Å². The molecule has 0 radical (unpaired) electrons. The van der Waals surface area contributed by atoms with Crippen molar-refractivity contribution in [3.8, 4) is 5.75 Å². The van der Waals surface area contributed by atoms with Crippen molar-refractivity contribution < 1.29 is 19.1 Å². The molecule has 0 N–H and O–H groups in total. The van der Waals surface area contributed by atoms with Crippen molar-refractivity contribution in [1.82, 2.24) is 5.06 Å². The number of nitrogens with zero attached hydrogens (tertiary/aromatic N) is 1. The minimum atomic E-state index is -0.698. The lowest BCUT2D eigenvalue weighted by molar-refractivity contribution is -0.304. The molecule has 0 bridgehead atoms. The van der Waals surface area contributed by atoms with E-state index in [-0.39, 0.29) is 17.2 Å². The van der Waals surface area contributed by atoms with Crippen molar-refractivity contribution in [1.29, 1.82) is 0 Å². The summed E-state index contributed by atoms with van der Waals surface area (Å²) >= 11 is 0. The van der Waals surface area contributed by atoms with E-state index >= 15 is 0 Å². The van der Waals surface area contributed by atoms with Crippen molar-refractivity contribution in [2.75, 3.05) is 0 Å². The number of hydrogen-bond acceptors (Lipinski definition) is 5. The molecule has 5 heteroatoms. The normalized spacial score (nSPS) is 20.7. The Morgan fingerprint density at radius 3 is 2.04 bits per heavy atom. The summed E-state index contributed by atoms with van der Waals surface area (Å²) in [6.45, 7) is 16.4. The van der Waals surface area contributed by atoms with Crippen molar-refractivity contribution >= 4 is 6.16 Å². The van der Waals surface area contributed by atoms with Crippen molar-refractivity contribution in [2.24, 2.45) is 0 Å². The van der Waals surface area contributed by atoms with Gasteiger partial charge in [-0.15, -0.1) is 0 Å². The fraction of sp³-hybridized carbons (Fsp3) is 0.682. The molecule has 1 aliphatic rings. The zero-order valence-electron chi connectivity index (χ0n) is 18.1. The summed E-state index contributed by atoms with van der Waals surface area (Å²) in [5, 5.41) is 2.17. The van der Waals surface area contributed by atoms with E-state index in [1.807, 2.05) is 19.1 Å². The second-order valence-corrected chi connectivity index (χ2v) is 9.66. The van der Waals surface area contributed by atoms with E-state index < -0.39 is 11.8 Å². The van der Waals surface area contributed by atoms with E-state index in [0.29, 0.717) is 5.75 Å². The molecule has 1 unspecified atom stereocenters. The van der Waals surface area contributed by atoms with E-state index in [0.717, 1.165) is 18.4 Å². The predicted molar refractivity (Wildman–Crippen MR) is 107 cm³/mol. The Morgan fingerprint density at radius 2 is 1.56 bits per heavy atom. The second-order valence-electron chi connectivity index (χ2n) is 9.66. The van der Waals surface area contributed by atoms with Gasteiger partial charge in [-0.05, 0) is 92.3 Å². The molecule has 1 heterocycles. The zero-order chi connectivity index (χ0) is 20.5. The van der Waals surface area contributed by atoms with Crippen LogP contribution in [0.1, 0.15) is 86.3 Å². The summed E-state index contributed by atoms with van der Waals surface area (Å²) in [5.41, 5.74) is 0.447. The van der Waals surface area contributed by atoms with E-state index in [1.165, 1.54) is 6.42 Å². The summed E-state index contributed by atoms with van der Waals surface area (Å²) in [4.78, 5) is 18.2. The summed E-state index contributed by atoms with van der Waals surface area (Å²) < 4.78 is 10.4. The van der Waals surface area contributed by atoms with Crippen molar-refractivity contribution in [3.05, 3.63) is 29.8 Å². The van der Waals surface area contributed by atoms with E-state index in [1.54, 1.807) is 32.9 Å². The molecule has 1 aromatic rings. The topological polar surface area (TPSA) is 48.0 Å². The third-order valence-electron chi connectivity index (χ3n) is 4.88. The van der Waals surface area contributed by atoms with Crippen LogP contribution < -0.4 is 4.74 Å². The standard InChI is InChI=1S/C22H35NO4/c1-16(27-23-21(5,6)14-9-15-22(23,7)8)17-10-12-18(13-11-17)25-19(24)26-20(2,3)4/h10-13,16H,9,14-15H2,1-8H3. The molecule has 27 heavy (non-hydrogen) atoms. The van der Waals surface area contributed by atoms with Gasteiger partial charge < -0.3 is 9.47 Å². The van der Waals surface area contributed by atoms with Gasteiger partial charge >= 0.3 is 6.16 Å². The number of rotatable bonds is 4. The molecular formula is C22H35NO4. The van der Waals surface area contributed by atoms with Crippen LogP contribution >= 0.6 is 0 Å². The molecule has 1 atom stereocenters. The first-order valence-corrected chi connectivity index (χ1v) is 9.78. The Morgan fingerprint density at radius 1 is 1.04 bits per heavy atom. The number of benzene rings is 1. The first-order chi connectivity index (χ1) is 12.3. The molecule has 0 aliphatic carbocycles. The Bertz CT molecular complexity index is 627. The molecule has 0 amide bonds. The largest absolute Gasteiger partial charge is 0.514 e. The lowest BCUT2D eigenvalue weighted by Crippen LogP contribution is -2.58. The molecular weight excluding hydrogens is 342 g/mol. The van der Waals surface area contributed by atoms with Crippen LogP contribution in [0.15, 0.2) is 24.3 Å². The molecule has 2 rings (SSSR count). The summed E-state index contributed by atoms with van der Waals surface area (Å²) in [7, 11) is 0. The number of hydrogen-bond donors (Lipinski definition) is 0. The molecule has 5 nitrogen and oxygen atoms in total. The summed E-state index contributed by atoms with van der Waals surface area (Å²) in [5.74, 6) is 0.457. The van der Waals surface area contributed by atoms with Gasteiger partial charge in [0.2, 0.25) is 0 Å². The van der Waals surface area contributed by atoms with Crippen LogP contribution in [0.4, 0.5) is 4.79 Å². The number of ether oxygens (including phenoxy) is 2. The average molecular weight is 378 g/mol. The van der Waals surface area contributed by atoms with Gasteiger partial charge in [0.1, 0.15) is 17.5 Å². The quantitative estimate of drug-likeness (QED) is 0.473. The number of hydroxylamine groups is 2. The fourth-order valence-corrected chi connectivity index (χ4v) is 3.65. The van der Waals surface area contributed by atoms with Gasteiger partial charge in [0.05, 0.1) is 0 Å². The van der Waals surface area contributed by atoms with E-state index in [4.69, 9.17) is 14.3 Å². The Balaban J connectivity index is 2.03. The minimum Gasteiger partial charge on any atom is -0.428 e. The smallest absolute Gasteiger partial charge is 0.428 e. The minimum absolute atomic E-state index is 0.00419. The van der Waals surface area contributed by atoms with Crippen molar-refractivity contribution in [3.63, 3.8) is 0 Å². The third-order valence-corrected chi connectivity index (χ3v) is 4.88. The highest BCUT2D eigenvalue weighted by Gasteiger charge is 2.43. The van der Waals surface area contributed by atoms with E-state index in [9.17, 15) is 4.79 Å². The Hall–Kier alpha value is -1.59. The number of piperidine rings is 1.